The first kappa shape index (κ1) is 24.8. The Bertz CT molecular complexity index is 741. The molecule has 158 valence electrons. The molecule has 1 aromatic carbocycles. The van der Waals surface area contributed by atoms with Gasteiger partial charge in [-0.05, 0) is 46.9 Å². The summed E-state index contributed by atoms with van der Waals surface area (Å²) in [6, 6.07) is 6.45. The van der Waals surface area contributed by atoms with Crippen LogP contribution >= 0.6 is 7.60 Å². The van der Waals surface area contributed by atoms with Crippen LogP contribution in [0, 0.1) is 0 Å². The van der Waals surface area contributed by atoms with Crippen molar-refractivity contribution in [3.05, 3.63) is 41.0 Å². The fourth-order valence-electron chi connectivity index (χ4n) is 2.95. The lowest BCUT2D eigenvalue weighted by Gasteiger charge is -2.31. The maximum absolute atomic E-state index is 13.0. The number of hydrogen-bond acceptors (Lipinski definition) is 4. The molecule has 28 heavy (non-hydrogen) atoms. The molecule has 0 aliphatic rings. The molecule has 1 atom stereocenters. The molecule has 0 saturated heterocycles. The van der Waals surface area contributed by atoms with Crippen molar-refractivity contribution >= 4 is 19.5 Å². The molecule has 0 aliphatic heterocycles. The molecular weight excluding hydrogens is 371 g/mol. The SMILES string of the molecule is CCC(C)(C(=O)/C=C/c1cc(C(C)(C)C)cc(C(C)(C)C)c1)P(=O)(OC)OC. The maximum atomic E-state index is 13.0. The minimum Gasteiger partial charge on any atom is -0.311 e. The van der Waals surface area contributed by atoms with Crippen LogP contribution in [0.5, 0.6) is 0 Å². The van der Waals surface area contributed by atoms with Gasteiger partial charge in [-0.2, -0.15) is 0 Å². The van der Waals surface area contributed by atoms with E-state index >= 15 is 0 Å². The van der Waals surface area contributed by atoms with Gasteiger partial charge in [0.25, 0.3) is 0 Å². The quantitative estimate of drug-likeness (QED) is 0.381. The summed E-state index contributed by atoms with van der Waals surface area (Å²) in [6.45, 7) is 16.5. The normalized spacial score (nSPS) is 15.6. The van der Waals surface area contributed by atoms with Gasteiger partial charge in [-0.15, -0.1) is 0 Å². The van der Waals surface area contributed by atoms with Crippen LogP contribution in [-0.4, -0.2) is 25.2 Å². The number of allylic oxidation sites excluding steroid dienone is 1. The van der Waals surface area contributed by atoms with E-state index in [1.165, 1.54) is 31.4 Å². The third-order valence-electron chi connectivity index (χ3n) is 5.42. The molecule has 0 aliphatic carbocycles. The van der Waals surface area contributed by atoms with Crippen molar-refractivity contribution in [3.63, 3.8) is 0 Å². The second-order valence-electron chi connectivity index (χ2n) is 9.53. The first-order valence-electron chi connectivity index (χ1n) is 9.75. The zero-order valence-electron chi connectivity index (χ0n) is 19.2. The number of benzene rings is 1. The van der Waals surface area contributed by atoms with Gasteiger partial charge in [0.2, 0.25) is 0 Å². The van der Waals surface area contributed by atoms with Crippen molar-refractivity contribution in [2.45, 2.75) is 77.8 Å². The fraction of sp³-hybridized carbons (Fsp3) is 0.609. The molecule has 0 amide bonds. The van der Waals surface area contributed by atoms with E-state index in [1.807, 2.05) is 6.92 Å². The highest BCUT2D eigenvalue weighted by molar-refractivity contribution is 7.56. The van der Waals surface area contributed by atoms with Gasteiger partial charge in [-0.25, -0.2) is 0 Å². The van der Waals surface area contributed by atoms with Crippen LogP contribution in [-0.2, 0) is 29.2 Å². The summed E-state index contributed by atoms with van der Waals surface area (Å²) in [5.74, 6) is -0.263. The van der Waals surface area contributed by atoms with Crippen molar-refractivity contribution in [2.75, 3.05) is 14.2 Å². The lowest BCUT2D eigenvalue weighted by Crippen LogP contribution is -2.34. The van der Waals surface area contributed by atoms with Crippen molar-refractivity contribution in [1.82, 2.24) is 0 Å². The van der Waals surface area contributed by atoms with E-state index in [-0.39, 0.29) is 16.6 Å². The second kappa shape index (κ2) is 8.65. The van der Waals surface area contributed by atoms with Gasteiger partial charge in [-0.1, -0.05) is 72.7 Å². The van der Waals surface area contributed by atoms with Crippen molar-refractivity contribution in [2.24, 2.45) is 0 Å². The predicted molar refractivity (Wildman–Crippen MR) is 118 cm³/mol. The van der Waals surface area contributed by atoms with E-state index in [0.29, 0.717) is 6.42 Å². The standard InChI is InChI=1S/C23H37O4P/c1-11-23(8,28(25,26-9)27-10)20(24)13-12-17-14-18(21(2,3)4)16-19(15-17)22(5,6)7/h12-16H,11H2,1-10H3/b13-12+. The highest BCUT2D eigenvalue weighted by atomic mass is 31.2. The second-order valence-corrected chi connectivity index (χ2v) is 12.2. The van der Waals surface area contributed by atoms with Gasteiger partial charge in [0.1, 0.15) is 5.16 Å². The minimum absolute atomic E-state index is 0.00635. The minimum atomic E-state index is -3.55. The summed E-state index contributed by atoms with van der Waals surface area (Å²) in [7, 11) is -0.919. The lowest BCUT2D eigenvalue weighted by molar-refractivity contribution is -0.117. The van der Waals surface area contributed by atoms with Crippen molar-refractivity contribution in [1.29, 1.82) is 0 Å². The van der Waals surface area contributed by atoms with Crippen molar-refractivity contribution < 1.29 is 18.4 Å². The van der Waals surface area contributed by atoms with Crippen LogP contribution in [0.2, 0.25) is 0 Å². The Morgan fingerprint density at radius 2 is 1.36 bits per heavy atom. The summed E-state index contributed by atoms with van der Waals surface area (Å²) in [5, 5.41) is -1.22. The van der Waals surface area contributed by atoms with E-state index in [9.17, 15) is 9.36 Å². The maximum Gasteiger partial charge on any atom is 0.343 e. The third kappa shape index (κ3) is 5.23. The zero-order chi connectivity index (χ0) is 22.0. The highest BCUT2D eigenvalue weighted by Crippen LogP contribution is 2.60. The summed E-state index contributed by atoms with van der Waals surface area (Å²) in [5.41, 5.74) is 3.37. The van der Waals surface area contributed by atoms with Crippen LogP contribution < -0.4 is 0 Å². The highest BCUT2D eigenvalue weighted by Gasteiger charge is 2.49. The molecule has 0 heterocycles. The van der Waals surface area contributed by atoms with Gasteiger partial charge in [0.15, 0.2) is 5.78 Å². The first-order chi connectivity index (χ1) is 12.6. The zero-order valence-corrected chi connectivity index (χ0v) is 20.1. The van der Waals surface area contributed by atoms with E-state index < -0.39 is 12.8 Å². The Balaban J connectivity index is 3.41. The molecule has 0 bridgehead atoms. The number of carbonyl (C=O) groups is 1. The molecule has 4 nitrogen and oxygen atoms in total. The van der Waals surface area contributed by atoms with Gasteiger partial charge in [0, 0.05) is 14.2 Å². The topological polar surface area (TPSA) is 52.6 Å². The third-order valence-corrected chi connectivity index (χ3v) is 8.13. The summed E-state index contributed by atoms with van der Waals surface area (Å²) in [4.78, 5) is 13.0. The van der Waals surface area contributed by atoms with Crippen molar-refractivity contribution in [3.8, 4) is 0 Å². The fourth-order valence-corrected chi connectivity index (χ4v) is 4.63. The first-order valence-corrected chi connectivity index (χ1v) is 11.3. The number of hydrogen-bond donors (Lipinski definition) is 0. The molecule has 1 aromatic rings. The molecule has 0 saturated carbocycles. The monoisotopic (exact) mass is 408 g/mol. The van der Waals surface area contributed by atoms with Gasteiger partial charge < -0.3 is 9.05 Å². The summed E-state index contributed by atoms with van der Waals surface area (Å²) < 4.78 is 23.2. The number of ketones is 1. The summed E-state index contributed by atoms with van der Waals surface area (Å²) >= 11 is 0. The Morgan fingerprint density at radius 3 is 1.68 bits per heavy atom. The van der Waals surface area contributed by atoms with Gasteiger partial charge in [0.05, 0.1) is 0 Å². The Labute approximate surface area is 171 Å². The molecule has 5 heteroatoms. The van der Waals surface area contributed by atoms with E-state index in [1.54, 1.807) is 13.0 Å². The Hall–Kier alpha value is -1.22. The molecule has 0 N–H and O–H groups in total. The molecule has 0 spiro atoms. The van der Waals surface area contributed by atoms with Gasteiger partial charge >= 0.3 is 7.60 Å². The van der Waals surface area contributed by atoms with Crippen LogP contribution in [0.3, 0.4) is 0 Å². The predicted octanol–water partition coefficient (Wildman–Crippen LogP) is 6.52. The van der Waals surface area contributed by atoms with Crippen LogP contribution in [0.15, 0.2) is 24.3 Å². The lowest BCUT2D eigenvalue weighted by atomic mass is 9.79. The molecule has 1 rings (SSSR count). The smallest absolute Gasteiger partial charge is 0.311 e. The average Bonchev–Trinajstić information content (AvgIpc) is 2.62. The van der Waals surface area contributed by atoms with Crippen LogP contribution in [0.1, 0.15) is 78.5 Å². The molecule has 0 radical (unpaired) electrons. The molecule has 1 unspecified atom stereocenters. The number of rotatable bonds is 7. The average molecular weight is 409 g/mol. The summed E-state index contributed by atoms with van der Waals surface area (Å²) in [6.07, 6.45) is 3.66. The Morgan fingerprint density at radius 1 is 0.929 bits per heavy atom. The molecular formula is C23H37O4P. The van der Waals surface area contributed by atoms with E-state index in [0.717, 1.165) is 5.56 Å². The largest absolute Gasteiger partial charge is 0.343 e. The Kier molecular flexibility index (Phi) is 7.67. The van der Waals surface area contributed by atoms with E-state index in [2.05, 4.69) is 59.7 Å². The van der Waals surface area contributed by atoms with Crippen LogP contribution in [0.4, 0.5) is 0 Å². The molecule has 0 fully saturated rings. The van der Waals surface area contributed by atoms with Gasteiger partial charge in [-0.3, -0.25) is 9.36 Å². The van der Waals surface area contributed by atoms with E-state index in [4.69, 9.17) is 9.05 Å². The van der Waals surface area contributed by atoms with Crippen LogP contribution in [0.25, 0.3) is 6.08 Å². The number of carbonyl (C=O) groups excluding carboxylic acids is 1. The molecule has 0 aromatic heterocycles.